The lowest BCUT2D eigenvalue weighted by Gasteiger charge is -2.25. The van der Waals surface area contributed by atoms with Crippen LogP contribution in [0.15, 0.2) is 77.8 Å². The van der Waals surface area contributed by atoms with E-state index in [1.54, 1.807) is 12.1 Å². The van der Waals surface area contributed by atoms with Crippen LogP contribution in [0.25, 0.3) is 0 Å². The summed E-state index contributed by atoms with van der Waals surface area (Å²) < 4.78 is 19.3. The molecule has 0 aliphatic carbocycles. The average molecular weight is 429 g/mol. The second kappa shape index (κ2) is 8.83. The van der Waals surface area contributed by atoms with Crippen LogP contribution in [0.2, 0.25) is 0 Å². The monoisotopic (exact) mass is 429 g/mol. The van der Waals surface area contributed by atoms with Gasteiger partial charge in [0.25, 0.3) is 0 Å². The minimum Gasteiger partial charge on any atom is -0.454 e. The molecule has 0 atom stereocenters. The number of hydrogen-bond donors (Lipinski definition) is 0. The first-order valence-electron chi connectivity index (χ1n) is 10.9. The Hall–Kier alpha value is -3.67. The first-order chi connectivity index (χ1) is 15.7. The molecule has 1 fully saturated rings. The van der Waals surface area contributed by atoms with E-state index in [9.17, 15) is 9.18 Å². The summed E-state index contributed by atoms with van der Waals surface area (Å²) in [6, 6.07) is 21.9. The molecule has 3 aromatic carbocycles. The minimum absolute atomic E-state index is 0.0651. The summed E-state index contributed by atoms with van der Waals surface area (Å²) in [5.41, 5.74) is 2.58. The molecule has 0 N–H and O–H groups in total. The van der Waals surface area contributed by atoms with Crippen LogP contribution in [0.1, 0.15) is 17.5 Å². The van der Waals surface area contributed by atoms with Crippen LogP contribution >= 0.6 is 0 Å². The van der Waals surface area contributed by atoms with Crippen molar-refractivity contribution in [2.75, 3.05) is 26.2 Å². The van der Waals surface area contributed by atoms with Gasteiger partial charge in [0.15, 0.2) is 5.75 Å². The van der Waals surface area contributed by atoms with Crippen LogP contribution in [0.4, 0.5) is 10.1 Å². The van der Waals surface area contributed by atoms with Crippen LogP contribution in [0.5, 0.6) is 11.5 Å². The molecule has 0 unspecified atom stereocenters. The van der Waals surface area contributed by atoms with Crippen LogP contribution < -0.4 is 4.74 Å². The Labute approximate surface area is 186 Å². The van der Waals surface area contributed by atoms with E-state index >= 15 is 0 Å². The number of nitrogens with zero attached hydrogens (tertiary/aromatic N) is 3. The molecule has 2 aliphatic heterocycles. The summed E-state index contributed by atoms with van der Waals surface area (Å²) in [7, 11) is 0. The Balaban J connectivity index is 1.36. The molecule has 3 aromatic rings. The minimum atomic E-state index is -0.290. The van der Waals surface area contributed by atoms with Crippen molar-refractivity contribution in [3.8, 4) is 11.5 Å². The van der Waals surface area contributed by atoms with Gasteiger partial charge in [-0.2, -0.15) is 0 Å². The lowest BCUT2D eigenvalue weighted by molar-refractivity contribution is -0.130. The van der Waals surface area contributed by atoms with E-state index in [-0.39, 0.29) is 18.1 Å². The molecule has 5 nitrogen and oxygen atoms in total. The molecule has 162 valence electrons. The molecule has 0 radical (unpaired) electrons. The highest BCUT2D eigenvalue weighted by Crippen LogP contribution is 2.37. The molecular weight excluding hydrogens is 405 g/mol. The van der Waals surface area contributed by atoms with Crippen LogP contribution in [-0.4, -0.2) is 47.7 Å². The molecule has 6 heteroatoms. The Bertz CT molecular complexity index is 1160. The average Bonchev–Trinajstić information content (AvgIpc) is 3.15. The number of carbonyl (C=O) groups is 1. The normalized spacial score (nSPS) is 15.6. The predicted molar refractivity (Wildman–Crippen MR) is 122 cm³/mol. The van der Waals surface area contributed by atoms with Gasteiger partial charge in [0.2, 0.25) is 5.91 Å². The van der Waals surface area contributed by atoms with Crippen molar-refractivity contribution in [1.82, 2.24) is 9.80 Å². The molecule has 1 saturated heterocycles. The lowest BCUT2D eigenvalue weighted by atomic mass is 10.1. The summed E-state index contributed by atoms with van der Waals surface area (Å²) in [6.07, 6.45) is 1.13. The summed E-state index contributed by atoms with van der Waals surface area (Å²) in [6.45, 7) is 2.79. The summed E-state index contributed by atoms with van der Waals surface area (Å²) >= 11 is 0. The van der Waals surface area contributed by atoms with Gasteiger partial charge in [-0.05, 0) is 48.4 Å². The third-order valence-electron chi connectivity index (χ3n) is 5.86. The maximum Gasteiger partial charge on any atom is 0.227 e. The maximum absolute atomic E-state index is 13.2. The van der Waals surface area contributed by atoms with E-state index < -0.39 is 0 Å². The van der Waals surface area contributed by atoms with Crippen molar-refractivity contribution in [3.05, 3.63) is 89.7 Å². The zero-order valence-electron chi connectivity index (χ0n) is 17.7. The summed E-state index contributed by atoms with van der Waals surface area (Å²) in [5, 5.41) is 0. The molecule has 2 aliphatic rings. The fourth-order valence-electron chi connectivity index (χ4n) is 4.18. The third kappa shape index (κ3) is 4.21. The molecular formula is C26H24FN3O2. The smallest absolute Gasteiger partial charge is 0.227 e. The number of halogens is 1. The molecule has 1 amide bonds. The van der Waals surface area contributed by atoms with E-state index in [4.69, 9.17) is 9.73 Å². The standard InChI is InChI=1S/C26H24FN3O2/c27-20-12-10-19(11-13-20)18-25(31)29-14-5-15-30(17-16-29)26-21-6-1-3-8-23(21)32-24-9-4-2-7-22(24)28-26/h1-4,6-13H,5,14-18H2. The van der Waals surface area contributed by atoms with Gasteiger partial charge in [-0.15, -0.1) is 0 Å². The van der Waals surface area contributed by atoms with E-state index in [1.165, 1.54) is 12.1 Å². The second-order valence-electron chi connectivity index (χ2n) is 8.03. The van der Waals surface area contributed by atoms with Gasteiger partial charge in [-0.25, -0.2) is 9.38 Å². The van der Waals surface area contributed by atoms with Gasteiger partial charge in [-0.3, -0.25) is 4.79 Å². The maximum atomic E-state index is 13.2. The predicted octanol–water partition coefficient (Wildman–Crippen LogP) is 4.79. The Morgan fingerprint density at radius 1 is 0.875 bits per heavy atom. The Kier molecular flexibility index (Phi) is 5.58. The number of amidine groups is 1. The quantitative estimate of drug-likeness (QED) is 0.589. The zero-order chi connectivity index (χ0) is 21.9. The Morgan fingerprint density at radius 2 is 1.62 bits per heavy atom. The van der Waals surface area contributed by atoms with Gasteiger partial charge in [-0.1, -0.05) is 36.4 Å². The molecule has 0 spiro atoms. The molecule has 2 heterocycles. The first-order valence-corrected chi connectivity index (χ1v) is 10.9. The van der Waals surface area contributed by atoms with Crippen molar-refractivity contribution in [2.45, 2.75) is 12.8 Å². The number of amides is 1. The van der Waals surface area contributed by atoms with Gasteiger partial charge in [0, 0.05) is 26.2 Å². The topological polar surface area (TPSA) is 45.1 Å². The number of hydrogen-bond acceptors (Lipinski definition) is 4. The van der Waals surface area contributed by atoms with Gasteiger partial charge >= 0.3 is 0 Å². The molecule has 0 bridgehead atoms. The SMILES string of the molecule is O=C(Cc1ccc(F)cc1)N1CCCN(C2=Nc3ccccc3Oc3ccccc32)CC1. The number of para-hydroxylation sites is 3. The van der Waals surface area contributed by atoms with Crippen LogP contribution in [0.3, 0.4) is 0 Å². The van der Waals surface area contributed by atoms with E-state index in [2.05, 4.69) is 4.90 Å². The van der Waals surface area contributed by atoms with Gasteiger partial charge in [0.05, 0.1) is 12.0 Å². The second-order valence-corrected chi connectivity index (χ2v) is 8.03. The van der Waals surface area contributed by atoms with Gasteiger partial charge < -0.3 is 14.5 Å². The number of fused-ring (bicyclic) bond motifs is 2. The van der Waals surface area contributed by atoms with Crippen molar-refractivity contribution in [1.29, 1.82) is 0 Å². The fourth-order valence-corrected chi connectivity index (χ4v) is 4.18. The van der Waals surface area contributed by atoms with Crippen molar-refractivity contribution in [2.24, 2.45) is 4.99 Å². The number of aliphatic imine (C=N–C) groups is 1. The number of rotatable bonds is 2. The van der Waals surface area contributed by atoms with E-state index in [0.717, 1.165) is 47.1 Å². The molecule has 0 aromatic heterocycles. The zero-order valence-corrected chi connectivity index (χ0v) is 17.7. The fraction of sp³-hybridized carbons (Fsp3) is 0.231. The lowest BCUT2D eigenvalue weighted by Crippen LogP contribution is -2.38. The van der Waals surface area contributed by atoms with Crippen molar-refractivity contribution in [3.63, 3.8) is 0 Å². The number of benzene rings is 3. The van der Waals surface area contributed by atoms with E-state index in [0.29, 0.717) is 19.6 Å². The van der Waals surface area contributed by atoms with Gasteiger partial charge in [0.1, 0.15) is 23.1 Å². The van der Waals surface area contributed by atoms with Crippen molar-refractivity contribution < 1.29 is 13.9 Å². The van der Waals surface area contributed by atoms with Crippen LogP contribution in [0, 0.1) is 5.82 Å². The molecule has 5 rings (SSSR count). The number of ether oxygens (including phenoxy) is 1. The first kappa shape index (κ1) is 20.2. The molecule has 32 heavy (non-hydrogen) atoms. The highest BCUT2D eigenvalue weighted by molar-refractivity contribution is 6.03. The highest BCUT2D eigenvalue weighted by atomic mass is 19.1. The summed E-state index contributed by atoms with van der Waals surface area (Å²) in [4.78, 5) is 22.0. The summed E-state index contributed by atoms with van der Waals surface area (Å²) in [5.74, 6) is 2.17. The molecule has 0 saturated carbocycles. The van der Waals surface area contributed by atoms with Crippen molar-refractivity contribution >= 4 is 17.4 Å². The van der Waals surface area contributed by atoms with E-state index in [1.807, 2.05) is 53.4 Å². The van der Waals surface area contributed by atoms with Crippen LogP contribution in [-0.2, 0) is 11.2 Å². The largest absolute Gasteiger partial charge is 0.454 e. The number of carbonyl (C=O) groups excluding carboxylic acids is 1. The Morgan fingerprint density at radius 3 is 2.47 bits per heavy atom. The highest BCUT2D eigenvalue weighted by Gasteiger charge is 2.25. The third-order valence-corrected chi connectivity index (χ3v) is 5.86.